The van der Waals surface area contributed by atoms with E-state index in [0.717, 1.165) is 0 Å². The molecule has 6 nitrogen and oxygen atoms in total. The molecule has 0 unspecified atom stereocenters. The van der Waals surface area contributed by atoms with Gasteiger partial charge >= 0.3 is 0 Å². The fourth-order valence-corrected chi connectivity index (χ4v) is 4.21. The number of methoxy groups -OCH3 is 1. The molecule has 30 heavy (non-hydrogen) atoms. The molecule has 0 aliphatic rings. The third-order valence-corrected chi connectivity index (χ3v) is 6.40. The van der Waals surface area contributed by atoms with E-state index < -0.39 is 16.1 Å². The van der Waals surface area contributed by atoms with E-state index in [-0.39, 0.29) is 26.5 Å². The molecule has 0 saturated heterocycles. The van der Waals surface area contributed by atoms with Gasteiger partial charge in [-0.05, 0) is 42.0 Å². The summed E-state index contributed by atoms with van der Waals surface area (Å²) in [4.78, 5) is 12.5. The molecule has 1 amide bonds. The zero-order chi connectivity index (χ0) is 21.7. The lowest BCUT2D eigenvalue weighted by Gasteiger charge is -2.16. The van der Waals surface area contributed by atoms with Gasteiger partial charge in [0.2, 0.25) is 0 Å². The third-order valence-electron chi connectivity index (χ3n) is 4.20. The second-order valence-electron chi connectivity index (χ2n) is 6.25. The average Bonchev–Trinajstić information content (AvgIpc) is 2.73. The van der Waals surface area contributed by atoms with Gasteiger partial charge in [-0.1, -0.05) is 59.6 Å². The van der Waals surface area contributed by atoms with E-state index in [1.54, 1.807) is 24.3 Å². The maximum Gasteiger partial charge on any atom is 0.261 e. The van der Waals surface area contributed by atoms with Gasteiger partial charge in [-0.3, -0.25) is 9.52 Å². The number of carbonyl (C=O) groups excluding carboxylic acids is 1. The van der Waals surface area contributed by atoms with Gasteiger partial charge in [0, 0.05) is 12.8 Å². The Morgan fingerprint density at radius 3 is 2.23 bits per heavy atom. The number of hydrogen-bond acceptors (Lipinski definition) is 4. The number of amides is 1. The van der Waals surface area contributed by atoms with Crippen molar-refractivity contribution >= 4 is 50.5 Å². The van der Waals surface area contributed by atoms with Crippen molar-refractivity contribution in [1.29, 1.82) is 0 Å². The lowest BCUT2D eigenvalue weighted by molar-refractivity contribution is -0.126. The molecule has 0 aliphatic carbocycles. The summed E-state index contributed by atoms with van der Waals surface area (Å²) in [6.45, 7) is 0. The van der Waals surface area contributed by atoms with Crippen LogP contribution in [-0.4, -0.2) is 21.4 Å². The second kappa shape index (κ2) is 9.49. The number of carbonyl (C=O) groups is 1. The van der Waals surface area contributed by atoms with Crippen LogP contribution in [0.4, 0.5) is 11.4 Å². The number of nitrogens with one attached hydrogen (secondary N) is 2. The summed E-state index contributed by atoms with van der Waals surface area (Å²) in [5, 5.41) is 3.07. The highest BCUT2D eigenvalue weighted by Gasteiger charge is 2.21. The molecule has 2 N–H and O–H groups in total. The van der Waals surface area contributed by atoms with Crippen LogP contribution in [0.15, 0.2) is 77.7 Å². The minimum Gasteiger partial charge on any atom is -0.367 e. The predicted molar refractivity (Wildman–Crippen MR) is 119 cm³/mol. The van der Waals surface area contributed by atoms with Crippen molar-refractivity contribution in [2.75, 3.05) is 17.1 Å². The minimum atomic E-state index is -3.89. The summed E-state index contributed by atoms with van der Waals surface area (Å²) >= 11 is 12.0. The first-order chi connectivity index (χ1) is 14.3. The van der Waals surface area contributed by atoms with Crippen molar-refractivity contribution in [2.45, 2.75) is 11.0 Å². The maximum absolute atomic E-state index is 12.6. The zero-order valence-electron chi connectivity index (χ0n) is 15.8. The van der Waals surface area contributed by atoms with Crippen LogP contribution >= 0.6 is 23.2 Å². The Balaban J connectivity index is 1.74. The van der Waals surface area contributed by atoms with E-state index in [4.69, 9.17) is 27.9 Å². The van der Waals surface area contributed by atoms with Crippen molar-refractivity contribution in [3.8, 4) is 0 Å². The van der Waals surface area contributed by atoms with Gasteiger partial charge in [0.1, 0.15) is 0 Å². The van der Waals surface area contributed by atoms with Gasteiger partial charge in [0.25, 0.3) is 15.9 Å². The van der Waals surface area contributed by atoms with E-state index in [9.17, 15) is 13.2 Å². The van der Waals surface area contributed by atoms with Crippen LogP contribution in [0, 0.1) is 0 Å². The SMILES string of the molecule is CO[C@@H](C(=O)Nc1ccc(S(=O)(=O)Nc2cccc(Cl)c2Cl)cc1)c1ccccc1. The molecular weight excluding hydrogens is 447 g/mol. The first kappa shape index (κ1) is 22.1. The summed E-state index contributed by atoms with van der Waals surface area (Å²) in [6.07, 6.45) is -0.791. The number of hydrogen-bond donors (Lipinski definition) is 2. The number of ether oxygens (including phenoxy) is 1. The van der Waals surface area contributed by atoms with E-state index in [2.05, 4.69) is 10.0 Å². The van der Waals surface area contributed by atoms with Crippen LogP contribution in [0.2, 0.25) is 10.0 Å². The number of halogens is 2. The van der Waals surface area contributed by atoms with Gasteiger partial charge < -0.3 is 10.1 Å². The highest BCUT2D eigenvalue weighted by Crippen LogP contribution is 2.31. The van der Waals surface area contributed by atoms with Gasteiger partial charge in [-0.15, -0.1) is 0 Å². The molecule has 0 aliphatic heterocycles. The predicted octanol–water partition coefficient (Wildman–Crippen LogP) is 5.12. The van der Waals surface area contributed by atoms with Crippen molar-refractivity contribution in [3.05, 3.63) is 88.4 Å². The van der Waals surface area contributed by atoms with Crippen molar-refractivity contribution in [1.82, 2.24) is 0 Å². The van der Waals surface area contributed by atoms with Crippen LogP contribution in [0.3, 0.4) is 0 Å². The molecule has 0 heterocycles. The van der Waals surface area contributed by atoms with Gasteiger partial charge in [-0.2, -0.15) is 0 Å². The first-order valence-electron chi connectivity index (χ1n) is 8.77. The smallest absolute Gasteiger partial charge is 0.261 e. The van der Waals surface area contributed by atoms with Crippen molar-refractivity contribution in [3.63, 3.8) is 0 Å². The molecule has 1 atom stereocenters. The molecule has 0 bridgehead atoms. The van der Waals surface area contributed by atoms with Crippen LogP contribution in [0.1, 0.15) is 11.7 Å². The summed E-state index contributed by atoms with van der Waals surface area (Å²) in [7, 11) is -2.45. The maximum atomic E-state index is 12.6. The van der Waals surface area contributed by atoms with E-state index in [0.29, 0.717) is 11.3 Å². The molecule has 0 radical (unpaired) electrons. The first-order valence-corrected chi connectivity index (χ1v) is 11.0. The monoisotopic (exact) mass is 464 g/mol. The Labute approximate surface area is 184 Å². The normalized spacial score (nSPS) is 12.2. The van der Waals surface area contributed by atoms with Gasteiger partial charge in [-0.25, -0.2) is 8.42 Å². The topological polar surface area (TPSA) is 84.5 Å². The van der Waals surface area contributed by atoms with Crippen LogP contribution in [0.25, 0.3) is 0 Å². The number of anilines is 2. The molecule has 0 fully saturated rings. The molecule has 3 aromatic carbocycles. The van der Waals surface area contributed by atoms with E-state index >= 15 is 0 Å². The fourth-order valence-electron chi connectivity index (χ4n) is 2.73. The Morgan fingerprint density at radius 2 is 1.60 bits per heavy atom. The summed E-state index contributed by atoms with van der Waals surface area (Å²) in [5.41, 5.74) is 1.31. The Hall–Kier alpha value is -2.58. The van der Waals surface area contributed by atoms with Crippen LogP contribution < -0.4 is 10.0 Å². The minimum absolute atomic E-state index is 0.00268. The molecule has 156 valence electrons. The summed E-state index contributed by atoms with van der Waals surface area (Å²) < 4.78 is 32.9. The Bertz CT molecular complexity index is 1140. The lowest BCUT2D eigenvalue weighted by atomic mass is 10.1. The van der Waals surface area contributed by atoms with E-state index in [1.807, 2.05) is 18.2 Å². The lowest BCUT2D eigenvalue weighted by Crippen LogP contribution is -2.22. The summed E-state index contributed by atoms with van der Waals surface area (Å²) in [6, 6.07) is 19.4. The largest absolute Gasteiger partial charge is 0.367 e. The molecule has 3 aromatic rings. The molecule has 9 heteroatoms. The third kappa shape index (κ3) is 5.12. The highest BCUT2D eigenvalue weighted by molar-refractivity contribution is 7.92. The molecule has 0 saturated carbocycles. The fraction of sp³-hybridized carbons (Fsp3) is 0.0952. The number of sulfonamides is 1. The molecule has 0 spiro atoms. The summed E-state index contributed by atoms with van der Waals surface area (Å²) in [5.74, 6) is -0.372. The van der Waals surface area contributed by atoms with Crippen molar-refractivity contribution < 1.29 is 17.9 Å². The number of rotatable bonds is 7. The quantitative estimate of drug-likeness (QED) is 0.507. The zero-order valence-corrected chi connectivity index (χ0v) is 18.1. The average molecular weight is 465 g/mol. The molecular formula is C21H18Cl2N2O4S. The Morgan fingerprint density at radius 1 is 0.933 bits per heavy atom. The van der Waals surface area contributed by atoms with Gasteiger partial charge in [0.05, 0.1) is 20.6 Å². The van der Waals surface area contributed by atoms with Gasteiger partial charge in [0.15, 0.2) is 6.10 Å². The van der Waals surface area contributed by atoms with Crippen molar-refractivity contribution in [2.24, 2.45) is 0 Å². The van der Waals surface area contributed by atoms with E-state index in [1.165, 1.54) is 37.4 Å². The Kier molecular flexibility index (Phi) is 6.99. The number of benzene rings is 3. The molecule has 0 aromatic heterocycles. The van der Waals surface area contributed by atoms with Crippen LogP contribution in [-0.2, 0) is 19.6 Å². The standard InChI is InChI=1S/C21H18Cl2N2O4S/c1-29-20(14-6-3-2-4-7-14)21(26)24-15-10-12-16(13-11-15)30(27,28)25-18-9-5-8-17(22)19(18)23/h2-13,20,25H,1H3,(H,24,26)/t20-/m1/s1. The van der Waals surface area contributed by atoms with Crippen LogP contribution in [0.5, 0.6) is 0 Å². The second-order valence-corrected chi connectivity index (χ2v) is 8.71. The highest BCUT2D eigenvalue weighted by atomic mass is 35.5. The molecule has 3 rings (SSSR count).